The van der Waals surface area contributed by atoms with Crippen LogP contribution in [0.5, 0.6) is 0 Å². The predicted molar refractivity (Wildman–Crippen MR) is 174 cm³/mol. The first kappa shape index (κ1) is 33.6. The van der Waals surface area contributed by atoms with Crippen LogP contribution in [0.1, 0.15) is 43.4 Å². The number of nitrogens with one attached hydrogen (secondary N) is 1. The monoisotopic (exact) mass is 675 g/mol. The van der Waals surface area contributed by atoms with E-state index in [-0.39, 0.29) is 43.7 Å². The molecule has 226 valence electrons. The number of anilines is 1. The summed E-state index contributed by atoms with van der Waals surface area (Å²) in [6, 6.07) is 21.6. The molecule has 7 nitrogen and oxygen atoms in total. The highest BCUT2D eigenvalue weighted by atomic mass is 79.9. The van der Waals surface area contributed by atoms with Crippen LogP contribution in [0, 0.1) is 12.8 Å². The number of rotatable bonds is 14. The fraction of sp³-hybridized carbons (Fsp3) is 0.375. The van der Waals surface area contributed by atoms with E-state index in [1.165, 1.54) is 4.31 Å². The summed E-state index contributed by atoms with van der Waals surface area (Å²) in [6.45, 7) is 6.69. The second kappa shape index (κ2) is 15.5. The van der Waals surface area contributed by atoms with Crippen molar-refractivity contribution >= 4 is 55.1 Å². The topological polar surface area (TPSA) is 86.8 Å². The van der Waals surface area contributed by atoms with Crippen LogP contribution in [0.25, 0.3) is 0 Å². The maximum atomic E-state index is 13.9. The molecule has 2 amide bonds. The number of aryl methyl sites for hydroxylation is 1. The molecule has 3 aromatic rings. The lowest BCUT2D eigenvalue weighted by molar-refractivity contribution is -0.141. The molecule has 0 aliphatic heterocycles. The Labute approximate surface area is 263 Å². The number of sulfonamides is 1. The van der Waals surface area contributed by atoms with E-state index in [9.17, 15) is 18.0 Å². The van der Waals surface area contributed by atoms with E-state index < -0.39 is 16.1 Å². The third kappa shape index (κ3) is 10.1. The summed E-state index contributed by atoms with van der Waals surface area (Å²) in [5.74, 6) is -0.195. The Morgan fingerprint density at radius 2 is 1.64 bits per heavy atom. The predicted octanol–water partition coefficient (Wildman–Crippen LogP) is 6.37. The van der Waals surface area contributed by atoms with E-state index in [1.54, 1.807) is 23.1 Å². The second-order valence-corrected chi connectivity index (χ2v) is 14.1. The van der Waals surface area contributed by atoms with Crippen LogP contribution in [0.15, 0.2) is 77.3 Å². The zero-order chi connectivity index (χ0) is 30.9. The first-order chi connectivity index (χ1) is 19.8. The lowest BCUT2D eigenvalue weighted by Gasteiger charge is -2.32. The van der Waals surface area contributed by atoms with E-state index in [1.807, 2.05) is 75.4 Å². The molecule has 0 spiro atoms. The molecule has 1 N–H and O–H groups in total. The van der Waals surface area contributed by atoms with Crippen LogP contribution >= 0.6 is 27.5 Å². The van der Waals surface area contributed by atoms with Crippen LogP contribution in [0.3, 0.4) is 0 Å². The van der Waals surface area contributed by atoms with Crippen molar-refractivity contribution in [1.82, 2.24) is 10.2 Å². The maximum absolute atomic E-state index is 13.9. The third-order valence-corrected chi connectivity index (χ3v) is 8.76. The molecule has 42 heavy (non-hydrogen) atoms. The molecule has 3 aromatic carbocycles. The molecule has 0 aliphatic carbocycles. The number of carbonyl (C=O) groups excluding carboxylic acids is 2. The Morgan fingerprint density at radius 3 is 2.26 bits per heavy atom. The zero-order valence-corrected chi connectivity index (χ0v) is 27.7. The van der Waals surface area contributed by atoms with Crippen molar-refractivity contribution in [2.24, 2.45) is 5.92 Å². The van der Waals surface area contributed by atoms with Crippen LogP contribution in [0.4, 0.5) is 5.69 Å². The van der Waals surface area contributed by atoms with Gasteiger partial charge in [-0.2, -0.15) is 0 Å². The van der Waals surface area contributed by atoms with Gasteiger partial charge in [-0.25, -0.2) is 8.42 Å². The maximum Gasteiger partial charge on any atom is 0.243 e. The van der Waals surface area contributed by atoms with Crippen LogP contribution in [-0.2, 0) is 32.6 Å². The Bertz CT molecular complexity index is 1450. The van der Waals surface area contributed by atoms with Crippen molar-refractivity contribution in [3.8, 4) is 0 Å². The van der Waals surface area contributed by atoms with Gasteiger partial charge in [-0.05, 0) is 60.2 Å². The van der Waals surface area contributed by atoms with Crippen molar-refractivity contribution < 1.29 is 18.0 Å². The van der Waals surface area contributed by atoms with Gasteiger partial charge in [-0.3, -0.25) is 13.9 Å². The molecule has 0 heterocycles. The minimum absolute atomic E-state index is 0.0604. The van der Waals surface area contributed by atoms with E-state index in [0.717, 1.165) is 27.4 Å². The SMILES string of the molecule is Cc1ccc(Cl)cc1N(CCCC(=O)N(Cc1ccc(Br)cc1)C(Cc1ccccc1)C(=O)NCC(C)C)S(C)(=O)=O. The molecule has 0 fully saturated rings. The van der Waals surface area contributed by atoms with Crippen LogP contribution < -0.4 is 9.62 Å². The highest BCUT2D eigenvalue weighted by molar-refractivity contribution is 9.10. The zero-order valence-electron chi connectivity index (χ0n) is 24.5. The Balaban J connectivity index is 1.89. The van der Waals surface area contributed by atoms with Crippen molar-refractivity contribution in [3.05, 3.63) is 99.0 Å². The smallest absolute Gasteiger partial charge is 0.243 e. The molecule has 3 rings (SSSR count). The summed E-state index contributed by atoms with van der Waals surface area (Å²) in [6.07, 6.45) is 1.82. The van der Waals surface area contributed by atoms with Gasteiger partial charge in [-0.1, -0.05) is 89.9 Å². The average molecular weight is 677 g/mol. The van der Waals surface area contributed by atoms with Crippen LogP contribution in [0.2, 0.25) is 5.02 Å². The summed E-state index contributed by atoms with van der Waals surface area (Å²) in [4.78, 5) is 29.1. The second-order valence-electron chi connectivity index (χ2n) is 10.9. The highest BCUT2D eigenvalue weighted by Crippen LogP contribution is 2.27. The van der Waals surface area contributed by atoms with Crippen molar-refractivity contribution in [2.45, 2.75) is 52.6 Å². The number of hydrogen-bond donors (Lipinski definition) is 1. The van der Waals surface area contributed by atoms with Gasteiger partial charge in [0.05, 0.1) is 11.9 Å². The molecule has 0 saturated heterocycles. The lowest BCUT2D eigenvalue weighted by Crippen LogP contribution is -2.51. The van der Waals surface area contributed by atoms with Gasteiger partial charge in [0.15, 0.2) is 0 Å². The minimum Gasteiger partial charge on any atom is -0.354 e. The van der Waals surface area contributed by atoms with Crippen molar-refractivity contribution in [3.63, 3.8) is 0 Å². The molecule has 0 aliphatic rings. The van der Waals surface area contributed by atoms with Gasteiger partial charge in [0, 0.05) is 42.0 Å². The molecule has 1 unspecified atom stereocenters. The number of carbonyl (C=O) groups is 2. The van der Waals surface area contributed by atoms with Gasteiger partial charge in [-0.15, -0.1) is 0 Å². The summed E-state index contributed by atoms with van der Waals surface area (Å²) < 4.78 is 27.7. The van der Waals surface area contributed by atoms with E-state index >= 15 is 0 Å². The summed E-state index contributed by atoms with van der Waals surface area (Å²) in [7, 11) is -3.63. The van der Waals surface area contributed by atoms with Crippen molar-refractivity contribution in [1.29, 1.82) is 0 Å². The Morgan fingerprint density at radius 1 is 0.976 bits per heavy atom. The van der Waals surface area contributed by atoms with Crippen molar-refractivity contribution in [2.75, 3.05) is 23.7 Å². The lowest BCUT2D eigenvalue weighted by atomic mass is 10.0. The van der Waals surface area contributed by atoms with E-state index in [4.69, 9.17) is 11.6 Å². The number of amides is 2. The van der Waals surface area contributed by atoms with Gasteiger partial charge < -0.3 is 10.2 Å². The normalized spacial score (nSPS) is 12.2. The largest absolute Gasteiger partial charge is 0.354 e. The summed E-state index contributed by atoms with van der Waals surface area (Å²) in [5, 5.41) is 3.45. The van der Waals surface area contributed by atoms with E-state index in [0.29, 0.717) is 23.7 Å². The molecule has 0 aromatic heterocycles. The molecule has 10 heteroatoms. The Kier molecular flexibility index (Phi) is 12.4. The standard InChI is InChI=1S/C32H39BrClN3O4S/c1-23(2)21-35-32(39)30(19-25-9-6-5-7-10-25)36(22-26-13-15-27(33)16-14-26)31(38)11-8-18-37(42(4,40)41)29-20-28(34)17-12-24(29)3/h5-7,9-10,12-17,20,23,30H,8,11,18-19,21-22H2,1-4H3,(H,35,39). The minimum atomic E-state index is -3.63. The Hall–Kier alpha value is -2.88. The van der Waals surface area contributed by atoms with Gasteiger partial charge in [0.1, 0.15) is 6.04 Å². The summed E-state index contributed by atoms with van der Waals surface area (Å²) in [5.41, 5.74) is 3.07. The fourth-order valence-electron chi connectivity index (χ4n) is 4.60. The van der Waals surface area contributed by atoms with Gasteiger partial charge >= 0.3 is 0 Å². The molecule has 1 atom stereocenters. The molecule has 0 bridgehead atoms. The summed E-state index contributed by atoms with van der Waals surface area (Å²) >= 11 is 9.63. The quantitative estimate of drug-likeness (QED) is 0.215. The van der Waals surface area contributed by atoms with Crippen LogP contribution in [-0.4, -0.2) is 50.5 Å². The number of hydrogen-bond acceptors (Lipinski definition) is 4. The first-order valence-electron chi connectivity index (χ1n) is 13.9. The first-order valence-corrected chi connectivity index (χ1v) is 17.0. The molecular weight excluding hydrogens is 638 g/mol. The number of halogens is 2. The van der Waals surface area contributed by atoms with Gasteiger partial charge in [0.2, 0.25) is 21.8 Å². The molecular formula is C32H39BrClN3O4S. The number of nitrogens with zero attached hydrogens (tertiary/aromatic N) is 2. The molecule has 0 saturated carbocycles. The third-order valence-electron chi connectivity index (χ3n) is 6.81. The highest BCUT2D eigenvalue weighted by Gasteiger charge is 2.30. The number of benzene rings is 3. The fourth-order valence-corrected chi connectivity index (χ4v) is 6.04. The molecule has 0 radical (unpaired) electrons. The average Bonchev–Trinajstić information content (AvgIpc) is 2.94. The van der Waals surface area contributed by atoms with Gasteiger partial charge in [0.25, 0.3) is 0 Å². The van der Waals surface area contributed by atoms with E-state index in [2.05, 4.69) is 21.2 Å².